The van der Waals surface area contributed by atoms with Gasteiger partial charge in [-0.3, -0.25) is 0 Å². The number of hydrogen-bond acceptors (Lipinski definition) is 2. The summed E-state index contributed by atoms with van der Waals surface area (Å²) in [4.78, 5) is 12.3. The average Bonchev–Trinajstić information content (AvgIpc) is 2.39. The van der Waals surface area contributed by atoms with Crippen LogP contribution in [-0.2, 0) is 0 Å². The van der Waals surface area contributed by atoms with Crippen molar-refractivity contribution in [3.8, 4) is 0 Å². The zero-order valence-electron chi connectivity index (χ0n) is 10.8. The second kappa shape index (κ2) is 6.83. The number of carbonyl (C=O) groups is 1. The van der Waals surface area contributed by atoms with E-state index in [1.165, 1.54) is 11.8 Å². The summed E-state index contributed by atoms with van der Waals surface area (Å²) >= 11 is 1.47. The Morgan fingerprint density at radius 3 is 2.60 bits per heavy atom. The van der Waals surface area contributed by atoms with Gasteiger partial charge in [0.25, 0.3) is 0 Å². The van der Waals surface area contributed by atoms with Crippen LogP contribution in [0.15, 0.2) is 23.1 Å². The number of alkyl halides is 4. The molecule has 0 saturated heterocycles. The van der Waals surface area contributed by atoms with Crippen LogP contribution in [0.5, 0.6) is 0 Å². The summed E-state index contributed by atoms with van der Waals surface area (Å²) in [5, 5.41) is 4.09. The molecule has 0 bridgehead atoms. The highest BCUT2D eigenvalue weighted by Gasteiger charge is 2.40. The van der Waals surface area contributed by atoms with Gasteiger partial charge in [-0.1, -0.05) is 6.07 Å². The molecule has 3 nitrogen and oxygen atoms in total. The lowest BCUT2D eigenvalue weighted by Crippen LogP contribution is -2.43. The van der Waals surface area contributed by atoms with Gasteiger partial charge in [-0.25, -0.2) is 13.6 Å². The van der Waals surface area contributed by atoms with Crippen LogP contribution in [0.2, 0.25) is 0 Å². The molecule has 0 heterocycles. The Morgan fingerprint density at radius 1 is 1.40 bits per heavy atom. The Balaban J connectivity index is 2.64. The normalized spacial score (nSPS) is 11.6. The predicted molar refractivity (Wildman–Crippen MR) is 70.9 cm³/mol. The van der Waals surface area contributed by atoms with Crippen molar-refractivity contribution in [3.05, 3.63) is 23.8 Å². The molecule has 0 fully saturated rings. The maximum atomic E-state index is 12.6. The van der Waals surface area contributed by atoms with E-state index < -0.39 is 24.9 Å². The van der Waals surface area contributed by atoms with Gasteiger partial charge in [-0.05, 0) is 30.9 Å². The minimum Gasteiger partial charge on any atom is -0.332 e. The first-order valence-electron chi connectivity index (χ1n) is 5.62. The summed E-state index contributed by atoms with van der Waals surface area (Å²) in [6.07, 6.45) is -1.96. The van der Waals surface area contributed by atoms with Crippen molar-refractivity contribution in [2.45, 2.75) is 24.2 Å². The fourth-order valence-corrected chi connectivity index (χ4v) is 2.04. The fourth-order valence-electron chi connectivity index (χ4n) is 1.41. The van der Waals surface area contributed by atoms with Crippen LogP contribution < -0.4 is 10.6 Å². The van der Waals surface area contributed by atoms with E-state index in [1.54, 1.807) is 24.4 Å². The molecule has 0 aliphatic carbocycles. The highest BCUT2D eigenvalue weighted by Crippen LogP contribution is 2.26. The highest BCUT2D eigenvalue weighted by molar-refractivity contribution is 7.98. The highest BCUT2D eigenvalue weighted by atomic mass is 32.2. The monoisotopic (exact) mass is 310 g/mol. The lowest BCUT2D eigenvalue weighted by atomic mass is 10.2. The Labute approximate surface area is 118 Å². The zero-order chi connectivity index (χ0) is 15.3. The molecular formula is C12H14F4N2OS. The quantitative estimate of drug-likeness (QED) is 0.642. The molecule has 0 spiro atoms. The summed E-state index contributed by atoms with van der Waals surface area (Å²) in [5.74, 6) is -4.24. The van der Waals surface area contributed by atoms with Gasteiger partial charge in [0.2, 0.25) is 0 Å². The third-order valence-corrected chi connectivity index (χ3v) is 3.44. The van der Waals surface area contributed by atoms with Crippen molar-refractivity contribution < 1.29 is 22.4 Å². The first-order chi connectivity index (χ1) is 9.27. The maximum Gasteiger partial charge on any atom is 0.324 e. The van der Waals surface area contributed by atoms with Gasteiger partial charge in [-0.15, -0.1) is 11.8 Å². The number of nitrogens with one attached hydrogen (secondary N) is 2. The first-order valence-corrected chi connectivity index (χ1v) is 6.85. The van der Waals surface area contributed by atoms with Crippen LogP contribution in [0, 0.1) is 6.92 Å². The molecule has 0 aromatic heterocycles. The van der Waals surface area contributed by atoms with E-state index in [-0.39, 0.29) is 0 Å². The molecule has 1 aromatic carbocycles. The average molecular weight is 310 g/mol. The Kier molecular flexibility index (Phi) is 5.67. The molecule has 0 saturated carbocycles. The fraction of sp³-hybridized carbons (Fsp3) is 0.417. The molecule has 0 unspecified atom stereocenters. The van der Waals surface area contributed by atoms with E-state index in [0.717, 1.165) is 10.5 Å². The Hall–Kier alpha value is -1.44. The molecule has 2 amide bonds. The van der Waals surface area contributed by atoms with Crippen LogP contribution in [0.4, 0.5) is 28.0 Å². The topological polar surface area (TPSA) is 41.1 Å². The number of halogens is 4. The zero-order valence-corrected chi connectivity index (χ0v) is 11.7. The summed E-state index contributed by atoms with van der Waals surface area (Å²) in [6, 6.07) is 4.18. The molecule has 0 atom stereocenters. The lowest BCUT2D eigenvalue weighted by molar-refractivity contribution is -0.123. The number of anilines is 1. The van der Waals surface area contributed by atoms with Gasteiger partial charge in [0.05, 0.1) is 6.54 Å². The molecule has 0 radical (unpaired) electrons. The van der Waals surface area contributed by atoms with Crippen LogP contribution in [0.1, 0.15) is 5.56 Å². The van der Waals surface area contributed by atoms with Crippen molar-refractivity contribution in [3.63, 3.8) is 0 Å². The van der Waals surface area contributed by atoms with Gasteiger partial charge in [0.1, 0.15) is 0 Å². The number of carbonyl (C=O) groups excluding carboxylic acids is 1. The largest absolute Gasteiger partial charge is 0.332 e. The first kappa shape index (κ1) is 16.6. The van der Waals surface area contributed by atoms with Crippen LogP contribution >= 0.6 is 11.8 Å². The minimum atomic E-state index is -4.24. The molecule has 1 aromatic rings. The third-order valence-electron chi connectivity index (χ3n) is 2.56. The predicted octanol–water partition coefficient (Wildman–Crippen LogP) is 3.74. The molecule has 112 valence electrons. The molecule has 0 aliphatic rings. The number of rotatable bonds is 5. The summed E-state index contributed by atoms with van der Waals surface area (Å²) in [5.41, 5.74) is 1.21. The number of amides is 2. The summed E-state index contributed by atoms with van der Waals surface area (Å²) < 4.78 is 49.2. The SMILES string of the molecule is CSc1cccc(NC(=O)NCC(F)(F)C(F)F)c1C. The van der Waals surface area contributed by atoms with Crippen molar-refractivity contribution >= 4 is 23.5 Å². The van der Waals surface area contributed by atoms with Crippen LogP contribution in [0.3, 0.4) is 0 Å². The van der Waals surface area contributed by atoms with E-state index in [2.05, 4.69) is 5.32 Å². The minimum absolute atomic E-state index is 0.440. The Morgan fingerprint density at radius 2 is 2.05 bits per heavy atom. The third kappa shape index (κ3) is 4.29. The lowest BCUT2D eigenvalue weighted by Gasteiger charge is -2.17. The molecular weight excluding hydrogens is 296 g/mol. The molecule has 20 heavy (non-hydrogen) atoms. The van der Waals surface area contributed by atoms with Gasteiger partial charge >= 0.3 is 18.4 Å². The molecule has 0 aliphatic heterocycles. The van der Waals surface area contributed by atoms with E-state index in [4.69, 9.17) is 0 Å². The summed E-state index contributed by atoms with van der Waals surface area (Å²) in [7, 11) is 0. The van der Waals surface area contributed by atoms with E-state index in [9.17, 15) is 22.4 Å². The van der Waals surface area contributed by atoms with Gasteiger partial charge < -0.3 is 10.6 Å². The van der Waals surface area contributed by atoms with E-state index in [1.807, 2.05) is 12.3 Å². The number of hydrogen-bond donors (Lipinski definition) is 2. The summed E-state index contributed by atoms with van der Waals surface area (Å²) in [6.45, 7) is 0.340. The molecule has 1 rings (SSSR count). The second-order valence-corrected chi connectivity index (χ2v) is 4.85. The molecule has 8 heteroatoms. The smallest absolute Gasteiger partial charge is 0.324 e. The van der Waals surface area contributed by atoms with Crippen LogP contribution in [-0.4, -0.2) is 31.2 Å². The van der Waals surface area contributed by atoms with E-state index >= 15 is 0 Å². The standard InChI is InChI=1S/C12H14F4N2OS/c1-7-8(4-3-5-9(7)20-2)18-11(19)17-6-12(15,16)10(13)14/h3-5,10H,6H2,1-2H3,(H2,17,18,19). The molecule has 2 N–H and O–H groups in total. The maximum absolute atomic E-state index is 12.6. The number of urea groups is 1. The van der Waals surface area contributed by atoms with Crippen molar-refractivity contribution in [2.24, 2.45) is 0 Å². The number of thioether (sulfide) groups is 1. The van der Waals surface area contributed by atoms with Crippen molar-refractivity contribution in [2.75, 3.05) is 18.1 Å². The second-order valence-electron chi connectivity index (χ2n) is 4.00. The number of benzene rings is 1. The van der Waals surface area contributed by atoms with Crippen LogP contribution in [0.25, 0.3) is 0 Å². The Bertz CT molecular complexity index is 483. The van der Waals surface area contributed by atoms with Crippen molar-refractivity contribution in [1.29, 1.82) is 0 Å². The van der Waals surface area contributed by atoms with Crippen molar-refractivity contribution in [1.82, 2.24) is 5.32 Å². The van der Waals surface area contributed by atoms with Gasteiger partial charge in [0, 0.05) is 10.6 Å². The van der Waals surface area contributed by atoms with Gasteiger partial charge in [-0.2, -0.15) is 8.78 Å². The van der Waals surface area contributed by atoms with E-state index in [0.29, 0.717) is 5.69 Å². The van der Waals surface area contributed by atoms with Gasteiger partial charge in [0.15, 0.2) is 0 Å².